The number of rotatable bonds is 8. The van der Waals surface area contributed by atoms with Gasteiger partial charge in [0.2, 0.25) is 5.91 Å². The van der Waals surface area contributed by atoms with Gasteiger partial charge in [-0.05, 0) is 31.8 Å². The van der Waals surface area contributed by atoms with Crippen molar-refractivity contribution in [2.24, 2.45) is 0 Å². The summed E-state index contributed by atoms with van der Waals surface area (Å²) < 4.78 is 11.1. The third-order valence-electron chi connectivity index (χ3n) is 3.52. The SMILES string of the molecule is COc1cc(CNC(=O)C2CSCN2)ccc1OCCN(C)C.Cl.Cl. The van der Waals surface area contributed by atoms with Crippen molar-refractivity contribution < 1.29 is 14.3 Å². The molecule has 144 valence electrons. The van der Waals surface area contributed by atoms with Gasteiger partial charge in [-0.3, -0.25) is 10.1 Å². The molecule has 1 aromatic rings. The van der Waals surface area contributed by atoms with Crippen LogP contribution in [-0.4, -0.2) is 62.8 Å². The number of hydrogen-bond acceptors (Lipinski definition) is 6. The first kappa shape index (κ1) is 24.1. The Morgan fingerprint density at radius 1 is 1.36 bits per heavy atom. The van der Waals surface area contributed by atoms with Crippen LogP contribution in [0.1, 0.15) is 5.56 Å². The largest absolute Gasteiger partial charge is 0.493 e. The van der Waals surface area contributed by atoms with Crippen molar-refractivity contribution in [1.29, 1.82) is 0 Å². The number of carbonyl (C=O) groups excluding carboxylic acids is 1. The highest BCUT2D eigenvalue weighted by Crippen LogP contribution is 2.28. The molecule has 0 aliphatic carbocycles. The first-order valence-corrected chi connectivity index (χ1v) is 8.79. The van der Waals surface area contributed by atoms with Crippen LogP contribution >= 0.6 is 36.6 Å². The van der Waals surface area contributed by atoms with Gasteiger partial charge in [0.1, 0.15) is 6.61 Å². The Morgan fingerprint density at radius 2 is 2.12 bits per heavy atom. The van der Waals surface area contributed by atoms with E-state index in [-0.39, 0.29) is 36.8 Å². The molecule has 1 saturated heterocycles. The molecule has 25 heavy (non-hydrogen) atoms. The number of methoxy groups -OCH3 is 1. The summed E-state index contributed by atoms with van der Waals surface area (Å²) in [6, 6.07) is 5.65. The number of benzene rings is 1. The normalized spacial score (nSPS) is 15.9. The number of carbonyl (C=O) groups is 1. The summed E-state index contributed by atoms with van der Waals surface area (Å²) in [6.45, 7) is 1.92. The molecule has 9 heteroatoms. The van der Waals surface area contributed by atoms with E-state index >= 15 is 0 Å². The Labute approximate surface area is 166 Å². The fourth-order valence-corrected chi connectivity index (χ4v) is 3.10. The predicted molar refractivity (Wildman–Crippen MR) is 108 cm³/mol. The molecule has 1 amide bonds. The average molecular weight is 412 g/mol. The number of likely N-dealkylation sites (N-methyl/N-ethyl adjacent to an activating group) is 1. The van der Waals surface area contributed by atoms with Crippen LogP contribution < -0.4 is 20.1 Å². The van der Waals surface area contributed by atoms with Gasteiger partial charge in [0.15, 0.2) is 11.5 Å². The Balaban J connectivity index is 0.00000288. The van der Waals surface area contributed by atoms with Crippen LogP contribution in [-0.2, 0) is 11.3 Å². The van der Waals surface area contributed by atoms with Crippen molar-refractivity contribution in [2.45, 2.75) is 12.6 Å². The van der Waals surface area contributed by atoms with E-state index < -0.39 is 0 Å². The fraction of sp³-hybridized carbons (Fsp3) is 0.562. The topological polar surface area (TPSA) is 62.8 Å². The molecule has 0 radical (unpaired) electrons. The molecule has 1 fully saturated rings. The van der Waals surface area contributed by atoms with Crippen molar-refractivity contribution in [1.82, 2.24) is 15.5 Å². The summed E-state index contributed by atoms with van der Waals surface area (Å²) in [4.78, 5) is 14.1. The molecule has 1 atom stereocenters. The van der Waals surface area contributed by atoms with Crippen molar-refractivity contribution in [3.63, 3.8) is 0 Å². The van der Waals surface area contributed by atoms with Gasteiger partial charge in [-0.25, -0.2) is 0 Å². The number of amides is 1. The lowest BCUT2D eigenvalue weighted by atomic mass is 10.2. The van der Waals surface area contributed by atoms with Crippen molar-refractivity contribution in [2.75, 3.05) is 46.0 Å². The van der Waals surface area contributed by atoms with Gasteiger partial charge < -0.3 is 19.7 Å². The van der Waals surface area contributed by atoms with E-state index in [1.165, 1.54) is 0 Å². The summed E-state index contributed by atoms with van der Waals surface area (Å²) in [5.74, 6) is 3.11. The van der Waals surface area contributed by atoms with Crippen LogP contribution in [0.15, 0.2) is 18.2 Å². The minimum absolute atomic E-state index is 0. The highest BCUT2D eigenvalue weighted by molar-refractivity contribution is 7.99. The van der Waals surface area contributed by atoms with E-state index in [0.29, 0.717) is 18.9 Å². The molecule has 1 unspecified atom stereocenters. The van der Waals surface area contributed by atoms with Crippen LogP contribution in [0.4, 0.5) is 0 Å². The van der Waals surface area contributed by atoms with Gasteiger partial charge in [0.05, 0.1) is 13.2 Å². The first-order valence-electron chi connectivity index (χ1n) is 7.63. The smallest absolute Gasteiger partial charge is 0.238 e. The summed E-state index contributed by atoms with van der Waals surface area (Å²) in [5, 5.41) is 6.11. The van der Waals surface area contributed by atoms with Crippen LogP contribution in [0, 0.1) is 0 Å². The molecule has 2 N–H and O–H groups in total. The minimum Gasteiger partial charge on any atom is -0.493 e. The molecule has 0 saturated carbocycles. The second-order valence-corrected chi connectivity index (χ2v) is 6.66. The summed E-state index contributed by atoms with van der Waals surface area (Å²) in [6.07, 6.45) is 0. The van der Waals surface area contributed by atoms with Gasteiger partial charge in [0, 0.05) is 24.7 Å². The Hall–Kier alpha value is -0.860. The van der Waals surface area contributed by atoms with Crippen LogP contribution in [0.5, 0.6) is 11.5 Å². The maximum absolute atomic E-state index is 12.0. The second-order valence-electron chi connectivity index (χ2n) is 5.63. The lowest BCUT2D eigenvalue weighted by molar-refractivity contribution is -0.122. The number of thioether (sulfide) groups is 1. The molecule has 0 aromatic heterocycles. The van der Waals surface area contributed by atoms with Crippen LogP contribution in [0.3, 0.4) is 0 Å². The molecule has 0 spiro atoms. The molecule has 2 rings (SSSR count). The van der Waals surface area contributed by atoms with Crippen molar-refractivity contribution in [3.05, 3.63) is 23.8 Å². The Bertz CT molecular complexity index is 529. The lowest BCUT2D eigenvalue weighted by Gasteiger charge is -2.15. The maximum atomic E-state index is 12.0. The number of nitrogens with one attached hydrogen (secondary N) is 2. The molecule has 1 aromatic carbocycles. The zero-order valence-electron chi connectivity index (χ0n) is 14.7. The summed E-state index contributed by atoms with van der Waals surface area (Å²) in [7, 11) is 5.63. The second kappa shape index (κ2) is 12.5. The average Bonchev–Trinajstić information content (AvgIpc) is 3.07. The highest BCUT2D eigenvalue weighted by Gasteiger charge is 2.22. The maximum Gasteiger partial charge on any atom is 0.238 e. The zero-order chi connectivity index (χ0) is 16.7. The van der Waals surface area contributed by atoms with Gasteiger partial charge in [-0.2, -0.15) is 0 Å². The Morgan fingerprint density at radius 3 is 2.72 bits per heavy atom. The molecular weight excluding hydrogens is 385 g/mol. The van der Waals surface area contributed by atoms with Crippen LogP contribution in [0.25, 0.3) is 0 Å². The lowest BCUT2D eigenvalue weighted by Crippen LogP contribution is -2.41. The molecule has 1 aliphatic heterocycles. The molecule has 0 bridgehead atoms. The van der Waals surface area contributed by atoms with E-state index in [1.54, 1.807) is 18.9 Å². The van der Waals surface area contributed by atoms with E-state index in [4.69, 9.17) is 9.47 Å². The quantitative estimate of drug-likeness (QED) is 0.679. The third kappa shape index (κ3) is 7.92. The van der Waals surface area contributed by atoms with Crippen molar-refractivity contribution >= 4 is 42.5 Å². The molecule has 6 nitrogen and oxygen atoms in total. The fourth-order valence-electron chi connectivity index (χ4n) is 2.16. The zero-order valence-corrected chi connectivity index (χ0v) is 17.2. The molecule has 1 aliphatic rings. The van der Waals surface area contributed by atoms with Crippen LogP contribution in [0.2, 0.25) is 0 Å². The number of halogens is 2. The number of nitrogens with zero attached hydrogens (tertiary/aromatic N) is 1. The van der Waals surface area contributed by atoms with Gasteiger partial charge >= 0.3 is 0 Å². The first-order chi connectivity index (χ1) is 11.1. The standard InChI is InChI=1S/C16H25N3O3S.2ClH/c1-19(2)6-7-22-14-5-4-12(8-15(14)21-3)9-17-16(20)13-10-23-11-18-13;;/h4-5,8,13,18H,6-7,9-11H2,1-3H3,(H,17,20);2*1H. The third-order valence-corrected chi connectivity index (χ3v) is 4.46. The molecular formula is C16H27Cl2N3O3S. The Kier molecular flexibility index (Phi) is 12.1. The summed E-state index contributed by atoms with van der Waals surface area (Å²) in [5.41, 5.74) is 0.987. The summed E-state index contributed by atoms with van der Waals surface area (Å²) >= 11 is 1.74. The van der Waals surface area contributed by atoms with E-state index in [2.05, 4.69) is 15.5 Å². The molecule has 1 heterocycles. The minimum atomic E-state index is -0.0875. The highest BCUT2D eigenvalue weighted by atomic mass is 35.5. The van der Waals surface area contributed by atoms with E-state index in [1.807, 2.05) is 32.3 Å². The number of hydrogen-bond donors (Lipinski definition) is 2. The number of ether oxygens (including phenoxy) is 2. The monoisotopic (exact) mass is 411 g/mol. The predicted octanol–water partition coefficient (Wildman–Crippen LogP) is 1.76. The van der Waals surface area contributed by atoms with E-state index in [9.17, 15) is 4.79 Å². The van der Waals surface area contributed by atoms with E-state index in [0.717, 1.165) is 29.5 Å². The van der Waals surface area contributed by atoms with Gasteiger partial charge in [0.25, 0.3) is 0 Å². The van der Waals surface area contributed by atoms with Crippen molar-refractivity contribution in [3.8, 4) is 11.5 Å². The van der Waals surface area contributed by atoms with Gasteiger partial charge in [-0.1, -0.05) is 6.07 Å². The van der Waals surface area contributed by atoms with Gasteiger partial charge in [-0.15, -0.1) is 36.6 Å².